The Morgan fingerprint density at radius 3 is 2.82 bits per heavy atom. The first kappa shape index (κ1) is 16.9. The Balaban J connectivity index is 2.01. The molecule has 1 atom stereocenters. The van der Waals surface area contributed by atoms with Gasteiger partial charge >= 0.3 is 0 Å². The van der Waals surface area contributed by atoms with Gasteiger partial charge < -0.3 is 15.3 Å². The van der Waals surface area contributed by atoms with Crippen LogP contribution >= 0.6 is 0 Å². The van der Waals surface area contributed by atoms with E-state index < -0.39 is 5.60 Å². The number of nitrogens with zero attached hydrogens (tertiary/aromatic N) is 1. The van der Waals surface area contributed by atoms with Crippen molar-refractivity contribution in [2.24, 2.45) is 5.92 Å². The summed E-state index contributed by atoms with van der Waals surface area (Å²) >= 11 is 0. The van der Waals surface area contributed by atoms with E-state index in [9.17, 15) is 14.3 Å². The van der Waals surface area contributed by atoms with Crippen LogP contribution in [0.5, 0.6) is 0 Å². The molecule has 0 aliphatic carbocycles. The molecule has 22 heavy (non-hydrogen) atoms. The van der Waals surface area contributed by atoms with Gasteiger partial charge in [0.05, 0.1) is 0 Å². The van der Waals surface area contributed by atoms with Crippen molar-refractivity contribution in [3.05, 3.63) is 35.6 Å². The number of likely N-dealkylation sites (tertiary alicyclic amines) is 1. The Morgan fingerprint density at radius 2 is 2.14 bits per heavy atom. The molecule has 0 aromatic heterocycles. The van der Waals surface area contributed by atoms with Gasteiger partial charge in [0.1, 0.15) is 5.82 Å². The minimum atomic E-state index is -1.38. The van der Waals surface area contributed by atoms with E-state index in [1.165, 1.54) is 6.07 Å². The minimum absolute atomic E-state index is 0.206. The third-order valence-corrected chi connectivity index (χ3v) is 3.99. The topological polar surface area (TPSA) is 52.6 Å². The minimum Gasteiger partial charge on any atom is -0.379 e. The standard InChI is InChI=1S/C17H25FN2O2/c1-13(2)10-19-12-17(22)8-5-9-20(16(17)21)11-14-6-3-4-7-15(14)18/h3-4,6-7,13,19,22H,5,8-12H2,1-2H3/t17-/m1/s1. The summed E-state index contributed by atoms with van der Waals surface area (Å²) in [5, 5.41) is 13.8. The quantitative estimate of drug-likeness (QED) is 0.844. The molecule has 0 bridgehead atoms. The zero-order valence-electron chi connectivity index (χ0n) is 13.3. The van der Waals surface area contributed by atoms with E-state index in [-0.39, 0.29) is 24.8 Å². The highest BCUT2D eigenvalue weighted by molar-refractivity contribution is 5.86. The molecule has 1 heterocycles. The van der Waals surface area contributed by atoms with Crippen LogP contribution in [0.2, 0.25) is 0 Å². The Bertz CT molecular complexity index is 521. The maximum Gasteiger partial charge on any atom is 0.256 e. The van der Waals surface area contributed by atoms with Crippen molar-refractivity contribution in [2.45, 2.75) is 38.8 Å². The lowest BCUT2D eigenvalue weighted by Gasteiger charge is -2.38. The predicted octanol–water partition coefficient (Wildman–Crippen LogP) is 1.92. The average molecular weight is 308 g/mol. The van der Waals surface area contributed by atoms with Crippen LogP contribution in [0.15, 0.2) is 24.3 Å². The Kier molecular flexibility index (Phi) is 5.53. The fourth-order valence-corrected chi connectivity index (χ4v) is 2.78. The molecule has 1 aromatic rings. The molecule has 5 heteroatoms. The van der Waals surface area contributed by atoms with Crippen molar-refractivity contribution in [1.29, 1.82) is 0 Å². The molecule has 0 radical (unpaired) electrons. The van der Waals surface area contributed by atoms with E-state index in [0.29, 0.717) is 24.4 Å². The van der Waals surface area contributed by atoms with Crippen molar-refractivity contribution in [2.75, 3.05) is 19.6 Å². The van der Waals surface area contributed by atoms with E-state index in [1.54, 1.807) is 23.1 Å². The second-order valence-corrected chi connectivity index (χ2v) is 6.48. The largest absolute Gasteiger partial charge is 0.379 e. The third-order valence-electron chi connectivity index (χ3n) is 3.99. The van der Waals surface area contributed by atoms with E-state index in [0.717, 1.165) is 13.0 Å². The molecule has 2 rings (SSSR count). The van der Waals surface area contributed by atoms with Crippen LogP contribution in [0.3, 0.4) is 0 Å². The van der Waals surface area contributed by atoms with Crippen LogP contribution in [0.25, 0.3) is 0 Å². The van der Waals surface area contributed by atoms with Gasteiger partial charge in [-0.25, -0.2) is 4.39 Å². The number of benzene rings is 1. The maximum absolute atomic E-state index is 13.7. The van der Waals surface area contributed by atoms with Crippen LogP contribution in [0.1, 0.15) is 32.3 Å². The SMILES string of the molecule is CC(C)CNC[C@]1(O)CCCN(Cc2ccccc2F)C1=O. The number of amides is 1. The van der Waals surface area contributed by atoms with Gasteiger partial charge in [0.25, 0.3) is 5.91 Å². The average Bonchev–Trinajstić information content (AvgIpc) is 2.46. The number of aliphatic hydroxyl groups is 1. The summed E-state index contributed by atoms with van der Waals surface area (Å²) in [6, 6.07) is 6.44. The van der Waals surface area contributed by atoms with Gasteiger partial charge in [0, 0.05) is 25.2 Å². The van der Waals surface area contributed by atoms with Crippen LogP contribution in [0.4, 0.5) is 4.39 Å². The van der Waals surface area contributed by atoms with Crippen molar-refractivity contribution in [3.8, 4) is 0 Å². The fraction of sp³-hybridized carbons (Fsp3) is 0.588. The van der Waals surface area contributed by atoms with Gasteiger partial charge in [-0.2, -0.15) is 0 Å². The summed E-state index contributed by atoms with van der Waals surface area (Å²) in [4.78, 5) is 14.1. The summed E-state index contributed by atoms with van der Waals surface area (Å²) in [6.07, 6.45) is 1.17. The third kappa shape index (κ3) is 4.05. The van der Waals surface area contributed by atoms with Gasteiger partial charge in [-0.1, -0.05) is 32.0 Å². The lowest BCUT2D eigenvalue weighted by molar-refractivity contribution is -0.157. The van der Waals surface area contributed by atoms with E-state index >= 15 is 0 Å². The number of carbonyl (C=O) groups is 1. The molecule has 0 unspecified atom stereocenters. The molecule has 1 saturated heterocycles. The highest BCUT2D eigenvalue weighted by Crippen LogP contribution is 2.24. The molecule has 1 fully saturated rings. The summed E-state index contributed by atoms with van der Waals surface area (Å²) in [6.45, 7) is 5.91. The van der Waals surface area contributed by atoms with Crippen LogP contribution in [-0.2, 0) is 11.3 Å². The van der Waals surface area contributed by atoms with Gasteiger partial charge in [-0.05, 0) is 31.4 Å². The molecule has 1 aromatic carbocycles. The number of piperidine rings is 1. The van der Waals surface area contributed by atoms with E-state index in [4.69, 9.17) is 0 Å². The molecule has 0 saturated carbocycles. The van der Waals surface area contributed by atoms with Crippen molar-refractivity contribution < 1.29 is 14.3 Å². The lowest BCUT2D eigenvalue weighted by atomic mass is 9.91. The first-order chi connectivity index (χ1) is 10.4. The van der Waals surface area contributed by atoms with E-state index in [2.05, 4.69) is 19.2 Å². The first-order valence-corrected chi connectivity index (χ1v) is 7.88. The fourth-order valence-electron chi connectivity index (χ4n) is 2.78. The second-order valence-electron chi connectivity index (χ2n) is 6.48. The number of nitrogens with one attached hydrogen (secondary N) is 1. The number of carbonyl (C=O) groups excluding carboxylic acids is 1. The van der Waals surface area contributed by atoms with E-state index in [1.807, 2.05) is 0 Å². The van der Waals surface area contributed by atoms with Crippen LogP contribution in [0, 0.1) is 11.7 Å². The van der Waals surface area contributed by atoms with Gasteiger partial charge in [-0.3, -0.25) is 4.79 Å². The zero-order chi connectivity index (χ0) is 16.2. The molecular weight excluding hydrogens is 283 g/mol. The van der Waals surface area contributed by atoms with Gasteiger partial charge in [-0.15, -0.1) is 0 Å². The summed E-state index contributed by atoms with van der Waals surface area (Å²) in [5.74, 6) is -0.169. The lowest BCUT2D eigenvalue weighted by Crippen LogP contribution is -2.58. The Morgan fingerprint density at radius 1 is 1.41 bits per heavy atom. The van der Waals surface area contributed by atoms with Gasteiger partial charge in [0.2, 0.25) is 0 Å². The molecule has 1 amide bonds. The normalized spacial score (nSPS) is 22.4. The molecule has 2 N–H and O–H groups in total. The van der Waals surface area contributed by atoms with Crippen molar-refractivity contribution in [1.82, 2.24) is 10.2 Å². The Hall–Kier alpha value is -1.46. The molecule has 1 aliphatic rings. The van der Waals surface area contributed by atoms with Gasteiger partial charge in [0.15, 0.2) is 5.60 Å². The molecule has 0 spiro atoms. The van der Waals surface area contributed by atoms with Crippen molar-refractivity contribution in [3.63, 3.8) is 0 Å². The summed E-state index contributed by atoms with van der Waals surface area (Å²) in [5.41, 5.74) is -0.895. The number of hydrogen-bond donors (Lipinski definition) is 2. The van der Waals surface area contributed by atoms with Crippen LogP contribution < -0.4 is 5.32 Å². The highest BCUT2D eigenvalue weighted by atomic mass is 19.1. The first-order valence-electron chi connectivity index (χ1n) is 7.88. The maximum atomic E-state index is 13.7. The number of rotatable bonds is 6. The van der Waals surface area contributed by atoms with Crippen molar-refractivity contribution >= 4 is 5.91 Å². The zero-order valence-corrected chi connectivity index (χ0v) is 13.3. The monoisotopic (exact) mass is 308 g/mol. The van der Waals surface area contributed by atoms with Crippen LogP contribution in [-0.4, -0.2) is 41.1 Å². The predicted molar refractivity (Wildman–Crippen MR) is 83.7 cm³/mol. The second kappa shape index (κ2) is 7.20. The molecule has 122 valence electrons. The Labute approximate surface area is 131 Å². The molecule has 1 aliphatic heterocycles. The molecular formula is C17H25FN2O2. The number of halogens is 1. The summed E-state index contributed by atoms with van der Waals surface area (Å²) < 4.78 is 13.7. The summed E-state index contributed by atoms with van der Waals surface area (Å²) in [7, 11) is 0. The molecule has 4 nitrogen and oxygen atoms in total. The smallest absolute Gasteiger partial charge is 0.256 e. The highest BCUT2D eigenvalue weighted by Gasteiger charge is 2.41. The number of hydrogen-bond acceptors (Lipinski definition) is 3.